The summed E-state index contributed by atoms with van der Waals surface area (Å²) in [4.78, 5) is 18.5. The number of thioether (sulfide) groups is 1. The van der Waals surface area contributed by atoms with Crippen LogP contribution < -0.4 is 15.4 Å². The fourth-order valence-electron chi connectivity index (χ4n) is 4.55. The molecule has 194 valence electrons. The molecule has 1 atom stereocenters. The lowest BCUT2D eigenvalue weighted by molar-refractivity contribution is -0.113. The van der Waals surface area contributed by atoms with Gasteiger partial charge >= 0.3 is 0 Å². The number of fused-ring (bicyclic) bond motifs is 1. The molecule has 0 aliphatic carbocycles. The molecule has 1 aliphatic rings. The van der Waals surface area contributed by atoms with Crippen molar-refractivity contribution in [3.05, 3.63) is 106 Å². The average molecular weight is 526 g/mol. The molecule has 0 fully saturated rings. The molecule has 3 aromatic carbocycles. The predicted octanol–water partition coefficient (Wildman–Crippen LogP) is 6.38. The van der Waals surface area contributed by atoms with Gasteiger partial charge in [-0.05, 0) is 61.2 Å². The number of nitrogens with one attached hydrogen (secondary N) is 2. The third-order valence-corrected chi connectivity index (χ3v) is 7.49. The summed E-state index contributed by atoms with van der Waals surface area (Å²) in [6, 6.07) is 23.7. The Bertz CT molecular complexity index is 1480. The van der Waals surface area contributed by atoms with E-state index in [1.165, 1.54) is 16.7 Å². The van der Waals surface area contributed by atoms with Gasteiger partial charge in [0.1, 0.15) is 11.8 Å². The van der Waals surface area contributed by atoms with E-state index in [1.54, 1.807) is 18.9 Å². The summed E-state index contributed by atoms with van der Waals surface area (Å²) in [5.74, 6) is 1.92. The minimum atomic E-state index is -0.420. The monoisotopic (exact) mass is 525 g/mol. The van der Waals surface area contributed by atoms with Gasteiger partial charge in [-0.15, -0.1) is 5.10 Å². The van der Waals surface area contributed by atoms with Gasteiger partial charge in [0, 0.05) is 17.1 Å². The van der Waals surface area contributed by atoms with Crippen LogP contribution >= 0.6 is 11.8 Å². The summed E-state index contributed by atoms with van der Waals surface area (Å²) in [5, 5.41) is 11.9. The topological polar surface area (TPSA) is 81.1 Å². The third kappa shape index (κ3) is 5.45. The standard InChI is InChI=1S/C30H31N5O2S/c1-5-21-9-11-23(12-10-21)27-26(28(36)32-24-13-15-25(37-4)16-14-24)20(3)31-29-33-30(34-35(27)29)38-18-22-8-6-7-19(2)17-22/h6-17,27H,5,18H2,1-4H3,(H,32,36)(H,31,33,34)/t27-/m1/s1. The average Bonchev–Trinajstić information content (AvgIpc) is 3.34. The number of rotatable bonds is 8. The highest BCUT2D eigenvalue weighted by Gasteiger charge is 2.34. The number of carbonyl (C=O) groups is 1. The summed E-state index contributed by atoms with van der Waals surface area (Å²) in [7, 11) is 1.62. The van der Waals surface area contributed by atoms with Crippen LogP contribution in [0.2, 0.25) is 0 Å². The van der Waals surface area contributed by atoms with Crippen molar-refractivity contribution in [1.82, 2.24) is 14.8 Å². The van der Waals surface area contributed by atoms with Crippen molar-refractivity contribution >= 4 is 29.3 Å². The van der Waals surface area contributed by atoms with Crippen LogP contribution in [0.25, 0.3) is 0 Å². The fourth-order valence-corrected chi connectivity index (χ4v) is 5.33. The lowest BCUT2D eigenvalue weighted by Crippen LogP contribution is -2.31. The normalized spacial score (nSPS) is 14.6. The second-order valence-electron chi connectivity index (χ2n) is 9.28. The molecule has 0 bridgehead atoms. The zero-order valence-electron chi connectivity index (χ0n) is 22.0. The predicted molar refractivity (Wildman–Crippen MR) is 153 cm³/mol. The van der Waals surface area contributed by atoms with Crippen molar-refractivity contribution < 1.29 is 9.53 Å². The van der Waals surface area contributed by atoms with E-state index in [9.17, 15) is 4.79 Å². The molecule has 0 spiro atoms. The maximum Gasteiger partial charge on any atom is 0.255 e. The molecule has 2 heterocycles. The molecule has 0 unspecified atom stereocenters. The van der Waals surface area contributed by atoms with Gasteiger partial charge in [0.2, 0.25) is 11.1 Å². The fraction of sp³-hybridized carbons (Fsp3) is 0.233. The molecule has 1 amide bonds. The van der Waals surface area contributed by atoms with E-state index in [2.05, 4.69) is 73.0 Å². The van der Waals surface area contributed by atoms with Crippen molar-refractivity contribution in [2.45, 2.75) is 44.1 Å². The van der Waals surface area contributed by atoms with Crippen molar-refractivity contribution in [2.24, 2.45) is 0 Å². The van der Waals surface area contributed by atoms with E-state index in [0.29, 0.717) is 22.4 Å². The number of benzene rings is 3. The molecular formula is C30H31N5O2S. The Hall–Kier alpha value is -4.04. The number of methoxy groups -OCH3 is 1. The molecule has 1 aliphatic heterocycles. The van der Waals surface area contributed by atoms with Crippen molar-refractivity contribution in [3.8, 4) is 5.75 Å². The lowest BCUT2D eigenvalue weighted by Gasteiger charge is -2.28. The largest absolute Gasteiger partial charge is 0.497 e. The van der Waals surface area contributed by atoms with Crippen LogP contribution in [0.3, 0.4) is 0 Å². The Labute approximate surface area is 227 Å². The number of amides is 1. The zero-order valence-corrected chi connectivity index (χ0v) is 22.8. The summed E-state index contributed by atoms with van der Waals surface area (Å²) in [6.07, 6.45) is 0.945. The third-order valence-electron chi connectivity index (χ3n) is 6.58. The Morgan fingerprint density at radius 2 is 1.82 bits per heavy atom. The number of hydrogen-bond donors (Lipinski definition) is 2. The molecule has 0 radical (unpaired) electrons. The number of nitrogens with zero attached hydrogens (tertiary/aromatic N) is 3. The number of hydrogen-bond acceptors (Lipinski definition) is 6. The molecule has 1 aromatic heterocycles. The van der Waals surface area contributed by atoms with Gasteiger partial charge in [-0.25, -0.2) is 4.68 Å². The van der Waals surface area contributed by atoms with Crippen LogP contribution in [0.1, 0.15) is 42.1 Å². The summed E-state index contributed by atoms with van der Waals surface area (Å²) < 4.78 is 7.07. The number of ether oxygens (including phenoxy) is 1. The molecular weight excluding hydrogens is 494 g/mol. The second kappa shape index (κ2) is 11.1. The molecule has 2 N–H and O–H groups in total. The first-order valence-corrected chi connectivity index (χ1v) is 13.6. The minimum absolute atomic E-state index is 0.195. The molecule has 38 heavy (non-hydrogen) atoms. The van der Waals surface area contributed by atoms with E-state index < -0.39 is 6.04 Å². The van der Waals surface area contributed by atoms with Crippen molar-refractivity contribution in [1.29, 1.82) is 0 Å². The molecule has 4 aromatic rings. The quantitative estimate of drug-likeness (QED) is 0.260. The number of allylic oxidation sites excluding steroid dienone is 1. The number of carbonyl (C=O) groups excluding carboxylic acids is 1. The number of anilines is 2. The van der Waals surface area contributed by atoms with Crippen LogP contribution in [-0.4, -0.2) is 27.8 Å². The molecule has 0 saturated heterocycles. The highest BCUT2D eigenvalue weighted by Crippen LogP contribution is 2.37. The van der Waals surface area contributed by atoms with E-state index in [0.717, 1.165) is 29.2 Å². The first kappa shape index (κ1) is 25.6. The Morgan fingerprint density at radius 3 is 2.50 bits per heavy atom. The van der Waals surface area contributed by atoms with E-state index >= 15 is 0 Å². The van der Waals surface area contributed by atoms with Gasteiger partial charge < -0.3 is 15.4 Å². The molecule has 5 rings (SSSR count). The minimum Gasteiger partial charge on any atom is -0.497 e. The first-order valence-electron chi connectivity index (χ1n) is 12.6. The maximum absolute atomic E-state index is 13.7. The SMILES string of the molecule is CCc1ccc([C@@H]2C(C(=O)Nc3ccc(OC)cc3)=C(C)Nc3nc(SCc4cccc(C)c4)nn32)cc1. The van der Waals surface area contributed by atoms with Gasteiger partial charge in [-0.3, -0.25) is 4.79 Å². The van der Waals surface area contributed by atoms with Gasteiger partial charge in [-0.1, -0.05) is 72.8 Å². The van der Waals surface area contributed by atoms with Crippen LogP contribution in [-0.2, 0) is 17.0 Å². The van der Waals surface area contributed by atoms with Crippen molar-refractivity contribution in [3.63, 3.8) is 0 Å². The smallest absolute Gasteiger partial charge is 0.255 e. The Balaban J connectivity index is 1.47. The van der Waals surface area contributed by atoms with Gasteiger partial charge in [-0.2, -0.15) is 4.98 Å². The number of aryl methyl sites for hydroxylation is 2. The zero-order chi connectivity index (χ0) is 26.6. The molecule has 7 nitrogen and oxygen atoms in total. The highest BCUT2D eigenvalue weighted by atomic mass is 32.2. The Morgan fingerprint density at radius 1 is 1.05 bits per heavy atom. The van der Waals surface area contributed by atoms with E-state index in [1.807, 2.05) is 35.9 Å². The van der Waals surface area contributed by atoms with Crippen LogP contribution in [0.5, 0.6) is 5.75 Å². The van der Waals surface area contributed by atoms with Gasteiger partial charge in [0.05, 0.1) is 12.7 Å². The summed E-state index contributed by atoms with van der Waals surface area (Å²) in [6.45, 7) is 6.13. The summed E-state index contributed by atoms with van der Waals surface area (Å²) in [5.41, 5.74) is 6.69. The maximum atomic E-state index is 13.7. The molecule has 0 saturated carbocycles. The summed E-state index contributed by atoms with van der Waals surface area (Å²) >= 11 is 1.58. The second-order valence-corrected chi connectivity index (χ2v) is 10.2. The van der Waals surface area contributed by atoms with Crippen molar-refractivity contribution in [2.75, 3.05) is 17.7 Å². The highest BCUT2D eigenvalue weighted by molar-refractivity contribution is 7.98. The van der Waals surface area contributed by atoms with Gasteiger partial charge in [0.25, 0.3) is 5.91 Å². The first-order chi connectivity index (χ1) is 18.4. The van der Waals surface area contributed by atoms with Gasteiger partial charge in [0.15, 0.2) is 0 Å². The van der Waals surface area contributed by atoms with E-state index in [-0.39, 0.29) is 5.91 Å². The van der Waals surface area contributed by atoms with Crippen LogP contribution in [0, 0.1) is 6.92 Å². The lowest BCUT2D eigenvalue weighted by atomic mass is 9.94. The Kier molecular flexibility index (Phi) is 7.51. The number of aromatic nitrogens is 3. The van der Waals surface area contributed by atoms with Crippen LogP contribution in [0.15, 0.2) is 89.2 Å². The molecule has 8 heteroatoms. The van der Waals surface area contributed by atoms with E-state index in [4.69, 9.17) is 14.8 Å². The van der Waals surface area contributed by atoms with Crippen LogP contribution in [0.4, 0.5) is 11.6 Å².